The van der Waals surface area contributed by atoms with Crippen LogP contribution in [0.2, 0.25) is 0 Å². The Labute approximate surface area is 209 Å². The molecule has 5 nitrogen and oxygen atoms in total. The molecule has 2 heterocycles. The van der Waals surface area contributed by atoms with E-state index < -0.39 is 0 Å². The Hall–Kier alpha value is -2.82. The van der Waals surface area contributed by atoms with Crippen molar-refractivity contribution in [3.05, 3.63) is 59.9 Å². The van der Waals surface area contributed by atoms with Crippen LogP contribution in [0.1, 0.15) is 88.4 Å². The summed E-state index contributed by atoms with van der Waals surface area (Å²) in [6.45, 7) is 6.85. The number of ether oxygens (including phenoxy) is 1. The maximum Gasteiger partial charge on any atom is 0.223 e. The SMILES string of the molecule is CC(C)c1ccc(OCCCCn2c(C3CC(=O)N(C4CCCCC4)C3)nc3ccccc32)cc1. The van der Waals surface area contributed by atoms with Crippen LogP contribution in [0.5, 0.6) is 5.75 Å². The maximum atomic E-state index is 12.9. The fourth-order valence-corrected chi connectivity index (χ4v) is 5.80. The molecule has 1 amide bonds. The van der Waals surface area contributed by atoms with Gasteiger partial charge in [-0.25, -0.2) is 4.98 Å². The quantitative estimate of drug-likeness (QED) is 0.326. The van der Waals surface area contributed by atoms with E-state index in [1.165, 1.54) is 30.3 Å². The van der Waals surface area contributed by atoms with E-state index in [0.717, 1.165) is 55.9 Å². The molecule has 0 N–H and O–H groups in total. The zero-order chi connectivity index (χ0) is 24.2. The number of imidazole rings is 1. The van der Waals surface area contributed by atoms with Gasteiger partial charge in [-0.3, -0.25) is 4.79 Å². The Morgan fingerprint density at radius 1 is 1.00 bits per heavy atom. The number of aromatic nitrogens is 2. The molecule has 1 aromatic heterocycles. The first-order valence-electron chi connectivity index (χ1n) is 13.6. The van der Waals surface area contributed by atoms with E-state index in [4.69, 9.17) is 9.72 Å². The van der Waals surface area contributed by atoms with E-state index in [9.17, 15) is 4.79 Å². The molecule has 2 aromatic carbocycles. The topological polar surface area (TPSA) is 47.4 Å². The van der Waals surface area contributed by atoms with Crippen LogP contribution < -0.4 is 4.74 Å². The molecule has 35 heavy (non-hydrogen) atoms. The predicted molar refractivity (Wildman–Crippen MR) is 141 cm³/mol. The second kappa shape index (κ2) is 10.8. The van der Waals surface area contributed by atoms with E-state index in [1.54, 1.807) is 0 Å². The number of carbonyl (C=O) groups is 1. The molecule has 1 atom stereocenters. The summed E-state index contributed by atoms with van der Waals surface area (Å²) in [6.07, 6.45) is 8.73. The second-order valence-corrected chi connectivity index (χ2v) is 10.6. The lowest BCUT2D eigenvalue weighted by Gasteiger charge is -2.31. The Kier molecular flexibility index (Phi) is 7.40. The van der Waals surface area contributed by atoms with Crippen LogP contribution in [0.15, 0.2) is 48.5 Å². The third-order valence-corrected chi connectivity index (χ3v) is 7.81. The Bertz CT molecular complexity index is 1130. The number of carbonyl (C=O) groups excluding carboxylic acids is 1. The van der Waals surface area contributed by atoms with Crippen molar-refractivity contribution in [2.75, 3.05) is 13.2 Å². The minimum atomic E-state index is 0.188. The highest BCUT2D eigenvalue weighted by Gasteiger charge is 2.37. The number of fused-ring (bicyclic) bond motifs is 1. The van der Waals surface area contributed by atoms with Crippen molar-refractivity contribution in [2.45, 2.75) is 89.6 Å². The zero-order valence-electron chi connectivity index (χ0n) is 21.3. The number of nitrogens with zero attached hydrogens (tertiary/aromatic N) is 3. The molecule has 2 aliphatic rings. The second-order valence-electron chi connectivity index (χ2n) is 10.6. The molecule has 2 fully saturated rings. The molecule has 5 heteroatoms. The first-order valence-corrected chi connectivity index (χ1v) is 13.6. The number of hydrogen-bond donors (Lipinski definition) is 0. The van der Waals surface area contributed by atoms with Gasteiger partial charge in [0, 0.05) is 31.5 Å². The summed E-state index contributed by atoms with van der Waals surface area (Å²) in [6, 6.07) is 17.3. The van der Waals surface area contributed by atoms with Crippen molar-refractivity contribution in [3.8, 4) is 5.75 Å². The highest BCUT2D eigenvalue weighted by atomic mass is 16.5. The number of para-hydroxylation sites is 2. The van der Waals surface area contributed by atoms with Gasteiger partial charge in [0.1, 0.15) is 11.6 Å². The summed E-state index contributed by atoms with van der Waals surface area (Å²) in [5.41, 5.74) is 3.55. The van der Waals surface area contributed by atoms with E-state index >= 15 is 0 Å². The van der Waals surface area contributed by atoms with Gasteiger partial charge >= 0.3 is 0 Å². The van der Waals surface area contributed by atoms with Gasteiger partial charge in [-0.2, -0.15) is 0 Å². The molecule has 1 saturated carbocycles. The molecule has 1 unspecified atom stereocenters. The molecule has 5 rings (SSSR count). The highest BCUT2D eigenvalue weighted by molar-refractivity contribution is 5.81. The average molecular weight is 474 g/mol. The molecule has 3 aromatic rings. The fourth-order valence-electron chi connectivity index (χ4n) is 5.80. The number of amides is 1. The summed E-state index contributed by atoms with van der Waals surface area (Å²) in [7, 11) is 0. The number of hydrogen-bond acceptors (Lipinski definition) is 3. The first-order chi connectivity index (χ1) is 17.1. The highest BCUT2D eigenvalue weighted by Crippen LogP contribution is 2.34. The summed E-state index contributed by atoms with van der Waals surface area (Å²) < 4.78 is 8.37. The maximum absolute atomic E-state index is 12.9. The van der Waals surface area contributed by atoms with Crippen LogP contribution >= 0.6 is 0 Å². The monoisotopic (exact) mass is 473 g/mol. The number of rotatable bonds is 9. The molecule has 0 radical (unpaired) electrons. The Morgan fingerprint density at radius 3 is 2.54 bits per heavy atom. The van der Waals surface area contributed by atoms with E-state index in [1.807, 2.05) is 0 Å². The largest absolute Gasteiger partial charge is 0.494 e. The lowest BCUT2D eigenvalue weighted by Crippen LogP contribution is -2.37. The standard InChI is InChI=1S/C30H39N3O2/c1-22(2)23-14-16-26(17-15-23)35-19-9-8-18-32-28-13-7-6-12-27(28)31-30(32)24-20-29(34)33(21-24)25-10-4-3-5-11-25/h6-7,12-17,22,24-25H,3-5,8-11,18-21H2,1-2H3. The molecule has 1 saturated heterocycles. The Morgan fingerprint density at radius 2 is 1.77 bits per heavy atom. The van der Waals surface area contributed by atoms with Gasteiger partial charge < -0.3 is 14.2 Å². The normalized spacial score (nSPS) is 19.2. The van der Waals surface area contributed by atoms with Crippen LogP contribution in [0, 0.1) is 0 Å². The smallest absolute Gasteiger partial charge is 0.223 e. The number of aryl methyl sites for hydroxylation is 1. The zero-order valence-corrected chi connectivity index (χ0v) is 21.3. The summed E-state index contributed by atoms with van der Waals surface area (Å²) >= 11 is 0. The number of benzene rings is 2. The van der Waals surface area contributed by atoms with E-state index in [0.29, 0.717) is 30.9 Å². The molecule has 0 spiro atoms. The van der Waals surface area contributed by atoms with E-state index in [-0.39, 0.29) is 5.92 Å². The van der Waals surface area contributed by atoms with Crippen molar-refractivity contribution in [3.63, 3.8) is 0 Å². The average Bonchev–Trinajstić information content (AvgIpc) is 3.45. The van der Waals surface area contributed by atoms with Gasteiger partial charge in [0.2, 0.25) is 5.91 Å². The van der Waals surface area contributed by atoms with Crippen LogP contribution in [-0.2, 0) is 11.3 Å². The van der Waals surface area contributed by atoms with Crippen molar-refractivity contribution >= 4 is 16.9 Å². The van der Waals surface area contributed by atoms with Gasteiger partial charge in [0.05, 0.1) is 17.6 Å². The molecular formula is C30H39N3O2. The number of likely N-dealkylation sites (tertiary alicyclic amines) is 1. The lowest BCUT2D eigenvalue weighted by atomic mass is 9.94. The van der Waals surface area contributed by atoms with Crippen molar-refractivity contribution < 1.29 is 9.53 Å². The third-order valence-electron chi connectivity index (χ3n) is 7.81. The van der Waals surface area contributed by atoms with Gasteiger partial charge in [-0.15, -0.1) is 0 Å². The first kappa shape index (κ1) is 23.9. The minimum absolute atomic E-state index is 0.188. The molecule has 186 valence electrons. The van der Waals surface area contributed by atoms with Crippen molar-refractivity contribution in [1.82, 2.24) is 14.5 Å². The van der Waals surface area contributed by atoms with Crippen LogP contribution in [-0.4, -0.2) is 39.6 Å². The Balaban J connectivity index is 1.22. The van der Waals surface area contributed by atoms with Crippen molar-refractivity contribution in [1.29, 1.82) is 0 Å². The van der Waals surface area contributed by atoms with Crippen molar-refractivity contribution in [2.24, 2.45) is 0 Å². The summed E-state index contributed by atoms with van der Waals surface area (Å²) in [4.78, 5) is 20.2. The predicted octanol–water partition coefficient (Wildman–Crippen LogP) is 6.67. The lowest BCUT2D eigenvalue weighted by molar-refractivity contribution is -0.130. The van der Waals surface area contributed by atoms with Crippen LogP contribution in [0.25, 0.3) is 11.0 Å². The minimum Gasteiger partial charge on any atom is -0.494 e. The number of unbranched alkanes of at least 4 members (excludes halogenated alkanes) is 1. The molecule has 1 aliphatic carbocycles. The summed E-state index contributed by atoms with van der Waals surface area (Å²) in [5.74, 6) is 3.07. The van der Waals surface area contributed by atoms with Crippen LogP contribution in [0.4, 0.5) is 0 Å². The van der Waals surface area contributed by atoms with Crippen LogP contribution in [0.3, 0.4) is 0 Å². The molecular weight excluding hydrogens is 434 g/mol. The van der Waals surface area contributed by atoms with E-state index in [2.05, 4.69) is 71.8 Å². The summed E-state index contributed by atoms with van der Waals surface area (Å²) in [5, 5.41) is 0. The third kappa shape index (κ3) is 5.39. The van der Waals surface area contributed by atoms with Gasteiger partial charge in [0.15, 0.2) is 0 Å². The fraction of sp³-hybridized carbons (Fsp3) is 0.533. The van der Waals surface area contributed by atoms with Gasteiger partial charge in [0.25, 0.3) is 0 Å². The molecule has 1 aliphatic heterocycles. The molecule has 0 bridgehead atoms. The van der Waals surface area contributed by atoms with Gasteiger partial charge in [-0.1, -0.05) is 57.4 Å². The van der Waals surface area contributed by atoms with Gasteiger partial charge in [-0.05, 0) is 61.4 Å².